The minimum Gasteiger partial charge on any atom is -0.334 e. The molecule has 0 aliphatic carbocycles. The van der Waals surface area contributed by atoms with Crippen LogP contribution in [0.3, 0.4) is 0 Å². The monoisotopic (exact) mass is 257 g/mol. The van der Waals surface area contributed by atoms with Crippen LogP contribution in [0.5, 0.6) is 0 Å². The molecule has 98 valence electrons. The number of rotatable bonds is 2. The van der Waals surface area contributed by atoms with Crippen LogP contribution in [0.15, 0.2) is 30.5 Å². The van der Waals surface area contributed by atoms with Gasteiger partial charge in [-0.3, -0.25) is 10.1 Å². The average Bonchev–Trinajstić information content (AvgIpc) is 2.70. The lowest BCUT2D eigenvalue weighted by Crippen LogP contribution is -1.98. The second-order valence-corrected chi connectivity index (χ2v) is 4.85. The molecule has 1 aromatic heterocycles. The highest BCUT2D eigenvalue weighted by atomic mass is 16.6. The van der Waals surface area contributed by atoms with E-state index in [2.05, 4.69) is 15.7 Å². The molecule has 0 amide bonds. The van der Waals surface area contributed by atoms with Crippen LogP contribution in [-0.4, -0.2) is 14.5 Å². The summed E-state index contributed by atoms with van der Waals surface area (Å²) in [6.45, 7) is 1.02. The van der Waals surface area contributed by atoms with E-state index >= 15 is 0 Å². The molecule has 0 saturated heterocycles. The van der Waals surface area contributed by atoms with Crippen molar-refractivity contribution in [3.05, 3.63) is 46.4 Å². The third kappa shape index (κ3) is 2.36. The Kier molecular flexibility index (Phi) is 3.03. The van der Waals surface area contributed by atoms with Crippen LogP contribution in [-0.2, 0) is 13.0 Å². The number of nitro benzene ring substituents is 1. The second-order valence-electron chi connectivity index (χ2n) is 4.85. The van der Waals surface area contributed by atoms with E-state index in [1.807, 2.05) is 0 Å². The van der Waals surface area contributed by atoms with Crippen molar-refractivity contribution in [3.63, 3.8) is 0 Å². The zero-order valence-electron chi connectivity index (χ0n) is 10.6. The summed E-state index contributed by atoms with van der Waals surface area (Å²) >= 11 is 0. The third-order valence-electron chi connectivity index (χ3n) is 3.53. The number of nitrogens with zero attached hydrogens (tertiary/aromatic N) is 3. The van der Waals surface area contributed by atoms with E-state index in [0.29, 0.717) is 0 Å². The van der Waals surface area contributed by atoms with Crippen LogP contribution in [0.25, 0.3) is 11.3 Å². The lowest BCUT2D eigenvalue weighted by Gasteiger charge is -1.99. The van der Waals surface area contributed by atoms with Crippen molar-refractivity contribution in [2.45, 2.75) is 32.2 Å². The number of benzene rings is 1. The number of hydrogen-bond acceptors (Lipinski definition) is 3. The van der Waals surface area contributed by atoms with E-state index in [-0.39, 0.29) is 10.6 Å². The van der Waals surface area contributed by atoms with Crippen molar-refractivity contribution in [1.29, 1.82) is 0 Å². The Morgan fingerprint density at radius 3 is 2.68 bits per heavy atom. The fraction of sp³-hybridized carbons (Fsp3) is 0.357. The summed E-state index contributed by atoms with van der Waals surface area (Å²) in [7, 11) is 0. The first kappa shape index (κ1) is 11.9. The predicted octanol–water partition coefficient (Wildman–Crippen LogP) is 3.18. The van der Waals surface area contributed by atoms with Gasteiger partial charge in [-0.1, -0.05) is 6.42 Å². The maximum Gasteiger partial charge on any atom is 0.269 e. The van der Waals surface area contributed by atoms with Gasteiger partial charge in [-0.15, -0.1) is 0 Å². The van der Waals surface area contributed by atoms with E-state index in [0.717, 1.165) is 30.0 Å². The summed E-state index contributed by atoms with van der Waals surface area (Å²) in [5.74, 6) is 1.13. The van der Waals surface area contributed by atoms with Crippen LogP contribution in [0, 0.1) is 10.1 Å². The molecule has 5 heteroatoms. The molecule has 2 heterocycles. The van der Waals surface area contributed by atoms with Crippen LogP contribution in [0.2, 0.25) is 0 Å². The van der Waals surface area contributed by atoms with Gasteiger partial charge in [0.25, 0.3) is 5.69 Å². The Morgan fingerprint density at radius 1 is 1.16 bits per heavy atom. The standard InChI is InChI=1S/C14H15N3O2/c18-17(19)12-7-5-11(6-8-12)13-10-16-9-3-1-2-4-14(16)15-13/h5-8,10H,1-4,9H2. The number of imidazole rings is 1. The van der Waals surface area contributed by atoms with Gasteiger partial charge < -0.3 is 4.57 Å². The Bertz CT molecular complexity index is 578. The molecule has 1 aliphatic rings. The number of nitro groups is 1. The van der Waals surface area contributed by atoms with Gasteiger partial charge in [0.05, 0.1) is 10.6 Å². The molecular formula is C14H15N3O2. The normalized spacial score (nSPS) is 14.7. The molecule has 5 nitrogen and oxygen atoms in total. The highest BCUT2D eigenvalue weighted by Gasteiger charge is 2.13. The zero-order chi connectivity index (χ0) is 13.2. The highest BCUT2D eigenvalue weighted by Crippen LogP contribution is 2.24. The van der Waals surface area contributed by atoms with Gasteiger partial charge in [0.2, 0.25) is 0 Å². The lowest BCUT2D eigenvalue weighted by molar-refractivity contribution is -0.384. The summed E-state index contributed by atoms with van der Waals surface area (Å²) in [5, 5.41) is 10.6. The van der Waals surface area contributed by atoms with Crippen molar-refractivity contribution in [2.24, 2.45) is 0 Å². The molecule has 0 radical (unpaired) electrons. The van der Waals surface area contributed by atoms with Crippen LogP contribution < -0.4 is 0 Å². The number of non-ortho nitro benzene ring substituents is 1. The van der Waals surface area contributed by atoms with Crippen LogP contribution >= 0.6 is 0 Å². The first-order valence-corrected chi connectivity index (χ1v) is 6.55. The fourth-order valence-electron chi connectivity index (χ4n) is 2.48. The molecule has 3 rings (SSSR count). The van der Waals surface area contributed by atoms with Crippen LogP contribution in [0.4, 0.5) is 5.69 Å². The number of hydrogen-bond donors (Lipinski definition) is 0. The smallest absolute Gasteiger partial charge is 0.269 e. The number of fused-ring (bicyclic) bond motifs is 1. The van der Waals surface area contributed by atoms with Gasteiger partial charge in [-0.25, -0.2) is 4.98 Å². The molecule has 0 spiro atoms. The molecule has 0 atom stereocenters. The summed E-state index contributed by atoms with van der Waals surface area (Å²) < 4.78 is 2.21. The minimum atomic E-state index is -0.383. The van der Waals surface area contributed by atoms with Gasteiger partial charge in [0, 0.05) is 36.9 Å². The minimum absolute atomic E-state index is 0.115. The summed E-state index contributed by atoms with van der Waals surface area (Å²) in [5.41, 5.74) is 1.96. The highest BCUT2D eigenvalue weighted by molar-refractivity contribution is 5.60. The topological polar surface area (TPSA) is 61.0 Å². The van der Waals surface area contributed by atoms with E-state index in [4.69, 9.17) is 0 Å². The van der Waals surface area contributed by atoms with E-state index in [1.165, 1.54) is 31.4 Å². The van der Waals surface area contributed by atoms with Crippen molar-refractivity contribution < 1.29 is 4.92 Å². The SMILES string of the molecule is O=[N+]([O-])c1ccc(-c2cn3c(n2)CCCCC3)cc1. The molecule has 0 fully saturated rings. The summed E-state index contributed by atoms with van der Waals surface area (Å²) in [4.78, 5) is 14.9. The fourth-order valence-corrected chi connectivity index (χ4v) is 2.48. The lowest BCUT2D eigenvalue weighted by atomic mass is 10.1. The van der Waals surface area contributed by atoms with Crippen molar-refractivity contribution in [1.82, 2.24) is 9.55 Å². The Morgan fingerprint density at radius 2 is 1.95 bits per heavy atom. The Labute approximate surface area is 111 Å². The van der Waals surface area contributed by atoms with Gasteiger partial charge >= 0.3 is 0 Å². The molecule has 0 bridgehead atoms. The van der Waals surface area contributed by atoms with Gasteiger partial charge in [0.1, 0.15) is 5.82 Å². The summed E-state index contributed by atoms with van der Waals surface area (Å²) in [6, 6.07) is 6.58. The zero-order valence-corrected chi connectivity index (χ0v) is 10.6. The van der Waals surface area contributed by atoms with E-state index < -0.39 is 0 Å². The maximum absolute atomic E-state index is 10.6. The Balaban J connectivity index is 1.91. The van der Waals surface area contributed by atoms with Crippen molar-refractivity contribution in [3.8, 4) is 11.3 Å². The first-order valence-electron chi connectivity index (χ1n) is 6.55. The molecule has 1 aliphatic heterocycles. The van der Waals surface area contributed by atoms with E-state index in [9.17, 15) is 10.1 Å². The number of aryl methyl sites for hydroxylation is 2. The molecule has 1 aromatic carbocycles. The van der Waals surface area contributed by atoms with Gasteiger partial charge in [-0.2, -0.15) is 0 Å². The molecule has 19 heavy (non-hydrogen) atoms. The predicted molar refractivity (Wildman–Crippen MR) is 71.9 cm³/mol. The molecule has 0 unspecified atom stereocenters. The third-order valence-corrected chi connectivity index (χ3v) is 3.53. The second kappa shape index (κ2) is 4.84. The molecule has 2 aromatic rings. The van der Waals surface area contributed by atoms with Gasteiger partial charge in [-0.05, 0) is 25.0 Å². The van der Waals surface area contributed by atoms with Crippen LogP contribution in [0.1, 0.15) is 25.1 Å². The molecular weight excluding hydrogens is 242 g/mol. The first-order chi connectivity index (χ1) is 9.24. The largest absolute Gasteiger partial charge is 0.334 e. The Hall–Kier alpha value is -2.17. The maximum atomic E-state index is 10.6. The van der Waals surface area contributed by atoms with E-state index in [1.54, 1.807) is 12.1 Å². The quantitative estimate of drug-likeness (QED) is 0.613. The summed E-state index contributed by atoms with van der Waals surface area (Å²) in [6.07, 6.45) is 6.73. The molecule has 0 saturated carbocycles. The number of aromatic nitrogens is 2. The van der Waals surface area contributed by atoms with Gasteiger partial charge in [0.15, 0.2) is 0 Å². The van der Waals surface area contributed by atoms with Crippen molar-refractivity contribution in [2.75, 3.05) is 0 Å². The molecule has 0 N–H and O–H groups in total. The average molecular weight is 257 g/mol. The van der Waals surface area contributed by atoms with Crippen molar-refractivity contribution >= 4 is 5.69 Å².